The third-order valence-corrected chi connectivity index (χ3v) is 3.90. The van der Waals surface area contributed by atoms with E-state index in [1.807, 2.05) is 0 Å². The minimum absolute atomic E-state index is 0.338. The Hall–Kier alpha value is -0.910. The summed E-state index contributed by atoms with van der Waals surface area (Å²) in [5.41, 5.74) is 0.939. The minimum atomic E-state index is -0.406. The number of halogens is 4. The lowest BCUT2D eigenvalue weighted by Gasteiger charge is -2.09. The van der Waals surface area contributed by atoms with E-state index < -0.39 is 5.82 Å². The predicted octanol–water partition coefficient (Wildman–Crippen LogP) is 5.26. The Bertz CT molecular complexity index is 649. The molecule has 0 radical (unpaired) electrons. The molecule has 0 atom stereocenters. The molecular formula is C13H7Br2ClFNO. The van der Waals surface area contributed by atoms with Gasteiger partial charge in [0.05, 0.1) is 11.3 Å². The van der Waals surface area contributed by atoms with Gasteiger partial charge in [-0.15, -0.1) is 0 Å². The van der Waals surface area contributed by atoms with Gasteiger partial charge in [0.2, 0.25) is 0 Å². The van der Waals surface area contributed by atoms with E-state index in [1.54, 1.807) is 18.2 Å². The van der Waals surface area contributed by atoms with Crippen molar-refractivity contribution in [2.24, 2.45) is 0 Å². The van der Waals surface area contributed by atoms with E-state index in [4.69, 9.17) is 11.6 Å². The smallest absolute Gasteiger partial charge is 0.256 e. The first kappa shape index (κ1) is 14.5. The molecule has 0 aliphatic carbocycles. The number of hydrogen-bond acceptors (Lipinski definition) is 1. The highest BCUT2D eigenvalue weighted by atomic mass is 79.9. The molecule has 0 saturated carbocycles. The van der Waals surface area contributed by atoms with Crippen molar-refractivity contribution in [2.45, 2.75) is 0 Å². The van der Waals surface area contributed by atoms with E-state index in [9.17, 15) is 9.18 Å². The van der Waals surface area contributed by atoms with E-state index in [2.05, 4.69) is 37.2 Å². The van der Waals surface area contributed by atoms with E-state index >= 15 is 0 Å². The molecule has 0 spiro atoms. The van der Waals surface area contributed by atoms with Gasteiger partial charge >= 0.3 is 0 Å². The molecule has 0 fully saturated rings. The Kier molecular flexibility index (Phi) is 4.60. The molecule has 98 valence electrons. The highest BCUT2D eigenvalue weighted by Crippen LogP contribution is 2.27. The molecule has 2 rings (SSSR count). The SMILES string of the molecule is O=C(Nc1ccc(Cl)cc1Br)c1ccc(F)cc1Br. The third kappa shape index (κ3) is 3.55. The van der Waals surface area contributed by atoms with Crippen LogP contribution in [0.2, 0.25) is 5.02 Å². The van der Waals surface area contributed by atoms with Crippen molar-refractivity contribution >= 4 is 55.1 Å². The molecule has 0 aliphatic rings. The van der Waals surface area contributed by atoms with Crippen LogP contribution in [0.3, 0.4) is 0 Å². The highest BCUT2D eigenvalue weighted by molar-refractivity contribution is 9.11. The van der Waals surface area contributed by atoms with E-state index in [1.165, 1.54) is 18.2 Å². The quantitative estimate of drug-likeness (QED) is 0.723. The first-order chi connectivity index (χ1) is 8.97. The minimum Gasteiger partial charge on any atom is -0.321 e. The molecule has 0 saturated heterocycles. The molecule has 0 aliphatic heterocycles. The molecule has 19 heavy (non-hydrogen) atoms. The fourth-order valence-electron chi connectivity index (χ4n) is 1.45. The summed E-state index contributed by atoms with van der Waals surface area (Å²) >= 11 is 12.3. The van der Waals surface area contributed by atoms with Crippen LogP contribution in [-0.2, 0) is 0 Å². The fraction of sp³-hybridized carbons (Fsp3) is 0. The molecule has 1 amide bonds. The number of nitrogens with one attached hydrogen (secondary N) is 1. The summed E-state index contributed by atoms with van der Waals surface area (Å²) in [6, 6.07) is 8.92. The maximum Gasteiger partial charge on any atom is 0.256 e. The molecule has 2 aromatic carbocycles. The third-order valence-electron chi connectivity index (χ3n) is 2.36. The zero-order valence-corrected chi connectivity index (χ0v) is 13.3. The topological polar surface area (TPSA) is 29.1 Å². The summed E-state index contributed by atoms with van der Waals surface area (Å²) in [6.45, 7) is 0. The molecule has 2 nitrogen and oxygen atoms in total. The number of anilines is 1. The summed E-state index contributed by atoms with van der Waals surface area (Å²) < 4.78 is 14.0. The first-order valence-corrected chi connectivity index (χ1v) is 7.15. The van der Waals surface area contributed by atoms with Crippen LogP contribution in [0.15, 0.2) is 45.3 Å². The maximum absolute atomic E-state index is 13.0. The van der Waals surface area contributed by atoms with Gasteiger partial charge in [-0.3, -0.25) is 4.79 Å². The van der Waals surface area contributed by atoms with Crippen molar-refractivity contribution in [1.82, 2.24) is 0 Å². The second-order valence-corrected chi connectivity index (χ2v) is 5.85. The zero-order chi connectivity index (χ0) is 14.0. The molecule has 0 unspecified atom stereocenters. The van der Waals surface area contributed by atoms with E-state index in [0.29, 0.717) is 25.2 Å². The molecule has 0 heterocycles. The van der Waals surface area contributed by atoms with Gasteiger partial charge in [-0.2, -0.15) is 0 Å². The Morgan fingerprint density at radius 3 is 2.47 bits per heavy atom. The van der Waals surface area contributed by atoms with Crippen LogP contribution >= 0.6 is 43.5 Å². The zero-order valence-electron chi connectivity index (χ0n) is 9.38. The van der Waals surface area contributed by atoms with Crippen molar-refractivity contribution < 1.29 is 9.18 Å². The van der Waals surface area contributed by atoms with Crippen LogP contribution in [0.4, 0.5) is 10.1 Å². The number of carbonyl (C=O) groups is 1. The fourth-order valence-corrected chi connectivity index (χ4v) is 2.77. The monoisotopic (exact) mass is 405 g/mol. The van der Waals surface area contributed by atoms with Gasteiger partial charge in [0.1, 0.15) is 5.82 Å². The van der Waals surface area contributed by atoms with Crippen molar-refractivity contribution in [1.29, 1.82) is 0 Å². The second-order valence-electron chi connectivity index (χ2n) is 3.70. The summed E-state index contributed by atoms with van der Waals surface area (Å²) in [4.78, 5) is 12.1. The number of rotatable bonds is 2. The van der Waals surface area contributed by atoms with Crippen LogP contribution in [0.5, 0.6) is 0 Å². The van der Waals surface area contributed by atoms with Crippen LogP contribution in [0.1, 0.15) is 10.4 Å². The van der Waals surface area contributed by atoms with Crippen molar-refractivity contribution in [3.63, 3.8) is 0 Å². The number of amides is 1. The average molecular weight is 407 g/mol. The summed E-state index contributed by atoms with van der Waals surface area (Å²) in [5.74, 6) is -0.744. The lowest BCUT2D eigenvalue weighted by atomic mass is 10.2. The van der Waals surface area contributed by atoms with Gasteiger partial charge in [0.15, 0.2) is 0 Å². The standard InChI is InChI=1S/C13H7Br2ClFNO/c14-10-6-8(17)2-3-9(10)13(19)18-12-4-1-7(16)5-11(12)15/h1-6H,(H,18,19). The largest absolute Gasteiger partial charge is 0.321 e. The molecule has 2 aromatic rings. The molecule has 6 heteroatoms. The van der Waals surface area contributed by atoms with Gasteiger partial charge in [-0.1, -0.05) is 11.6 Å². The van der Waals surface area contributed by atoms with Crippen molar-refractivity contribution in [2.75, 3.05) is 5.32 Å². The molecule has 0 aromatic heterocycles. The number of benzene rings is 2. The average Bonchev–Trinajstić information content (AvgIpc) is 2.32. The maximum atomic E-state index is 13.0. The Morgan fingerprint density at radius 2 is 1.84 bits per heavy atom. The van der Waals surface area contributed by atoms with E-state index in [-0.39, 0.29) is 5.91 Å². The second kappa shape index (κ2) is 6.03. The summed E-state index contributed by atoms with van der Waals surface area (Å²) in [6.07, 6.45) is 0. The van der Waals surface area contributed by atoms with Crippen LogP contribution in [0.25, 0.3) is 0 Å². The summed E-state index contributed by atoms with van der Waals surface area (Å²) in [5, 5.41) is 3.28. The Morgan fingerprint density at radius 1 is 1.11 bits per heavy atom. The van der Waals surface area contributed by atoms with Crippen LogP contribution in [-0.4, -0.2) is 5.91 Å². The lowest BCUT2D eigenvalue weighted by Crippen LogP contribution is -2.13. The first-order valence-electron chi connectivity index (χ1n) is 5.19. The van der Waals surface area contributed by atoms with Gasteiger partial charge < -0.3 is 5.32 Å². The Labute approximate surface area is 131 Å². The van der Waals surface area contributed by atoms with Crippen LogP contribution in [0, 0.1) is 5.82 Å². The van der Waals surface area contributed by atoms with Gasteiger partial charge in [0, 0.05) is 14.0 Å². The molecule has 0 bridgehead atoms. The number of hydrogen-bond donors (Lipinski definition) is 1. The predicted molar refractivity (Wildman–Crippen MR) is 81.2 cm³/mol. The highest BCUT2D eigenvalue weighted by Gasteiger charge is 2.12. The van der Waals surface area contributed by atoms with Gasteiger partial charge in [-0.05, 0) is 68.3 Å². The van der Waals surface area contributed by atoms with Crippen LogP contribution < -0.4 is 5.32 Å². The van der Waals surface area contributed by atoms with E-state index in [0.717, 1.165) is 0 Å². The lowest BCUT2D eigenvalue weighted by molar-refractivity contribution is 0.102. The molecule has 1 N–H and O–H groups in total. The Balaban J connectivity index is 2.25. The number of carbonyl (C=O) groups excluding carboxylic acids is 1. The molecular weight excluding hydrogens is 400 g/mol. The van der Waals surface area contributed by atoms with Crippen molar-refractivity contribution in [3.8, 4) is 0 Å². The van der Waals surface area contributed by atoms with Gasteiger partial charge in [-0.25, -0.2) is 4.39 Å². The summed E-state index contributed by atoms with van der Waals surface area (Å²) in [7, 11) is 0. The van der Waals surface area contributed by atoms with Crippen molar-refractivity contribution in [3.05, 3.63) is 61.7 Å². The normalized spacial score (nSPS) is 10.3. The van der Waals surface area contributed by atoms with Gasteiger partial charge in [0.25, 0.3) is 5.91 Å².